The van der Waals surface area contributed by atoms with E-state index >= 15 is 0 Å². The molecule has 0 bridgehead atoms. The average molecular weight is 1010 g/mol. The Morgan fingerprint density at radius 3 is 1.38 bits per heavy atom. The van der Waals surface area contributed by atoms with E-state index in [0.29, 0.717) is 12.3 Å². The van der Waals surface area contributed by atoms with Gasteiger partial charge in [-0.15, -0.1) is 0 Å². The summed E-state index contributed by atoms with van der Waals surface area (Å²) in [4.78, 5) is 136. The van der Waals surface area contributed by atoms with Gasteiger partial charge in [0.1, 0.15) is 48.4 Å². The molecule has 7 amide bonds. The zero-order valence-corrected chi connectivity index (χ0v) is 44.6. The minimum atomic E-state index is -1.72. The lowest BCUT2D eigenvalue weighted by molar-refractivity contribution is -0.155. The van der Waals surface area contributed by atoms with Crippen molar-refractivity contribution in [1.82, 2.24) is 37.2 Å². The standard InChI is InChI=1S/C51H89N7O13/c1-13-33(12)18-16-14-15-17-19-34-26-41(59)52-35(20-21-42(60)61)45(64)53-36(22-28(2)3)46(65)55-38(24-30(6)7)49(68)58-44(32(10)11)50(69)56-39(27-43(62)63)48(67)54-37(23-29(4)5)47(66)57-40(25-31(8)9)51(70)71-34/h28-40,44H,13-27H2,1-12H3,(H,52,59)(H,53,64)(H,54,67)(H,55,65)(H,56,69)(H,57,66)(H,58,68)(H,60,61)(H,62,63). The monoisotopic (exact) mass is 1010 g/mol. The summed E-state index contributed by atoms with van der Waals surface area (Å²) in [5, 5.41) is 37.8. The molecule has 71 heavy (non-hydrogen) atoms. The third kappa shape index (κ3) is 26.1. The van der Waals surface area contributed by atoms with E-state index in [1.54, 1.807) is 55.4 Å². The fourth-order valence-corrected chi connectivity index (χ4v) is 8.19. The minimum Gasteiger partial charge on any atom is -0.481 e. The van der Waals surface area contributed by atoms with Gasteiger partial charge in [-0.3, -0.25) is 43.2 Å². The molecule has 0 aromatic rings. The van der Waals surface area contributed by atoms with Gasteiger partial charge in [0.2, 0.25) is 41.4 Å². The van der Waals surface area contributed by atoms with Gasteiger partial charge < -0.3 is 52.2 Å². The van der Waals surface area contributed by atoms with Crippen LogP contribution in [0.15, 0.2) is 0 Å². The van der Waals surface area contributed by atoms with Crippen LogP contribution in [0.5, 0.6) is 0 Å². The van der Waals surface area contributed by atoms with Crippen LogP contribution in [0.3, 0.4) is 0 Å². The molecular weight excluding hydrogens is 919 g/mol. The molecule has 1 aliphatic heterocycles. The van der Waals surface area contributed by atoms with Gasteiger partial charge in [-0.2, -0.15) is 0 Å². The lowest BCUT2D eigenvalue weighted by Gasteiger charge is -2.29. The van der Waals surface area contributed by atoms with E-state index in [1.165, 1.54) is 0 Å². The number of ether oxygens (including phenoxy) is 1. The molecule has 1 saturated heterocycles. The first kappa shape index (κ1) is 63.7. The summed E-state index contributed by atoms with van der Waals surface area (Å²) >= 11 is 0. The van der Waals surface area contributed by atoms with Gasteiger partial charge in [0.05, 0.1) is 12.8 Å². The van der Waals surface area contributed by atoms with Gasteiger partial charge in [0.25, 0.3) is 0 Å². The van der Waals surface area contributed by atoms with Crippen LogP contribution in [0, 0.1) is 35.5 Å². The number of cyclic esters (lactones) is 1. The number of amides is 7. The number of carbonyl (C=O) groups is 10. The summed E-state index contributed by atoms with van der Waals surface area (Å²) in [6, 6.07) is -9.64. The second kappa shape index (κ2) is 32.6. The second-order valence-corrected chi connectivity index (χ2v) is 21.5. The maximum atomic E-state index is 14.2. The molecule has 0 spiro atoms. The van der Waals surface area contributed by atoms with Gasteiger partial charge in [0, 0.05) is 6.42 Å². The molecule has 9 atom stereocenters. The number of rotatable bonds is 22. The highest BCUT2D eigenvalue weighted by molar-refractivity contribution is 5.98. The Kier molecular flexibility index (Phi) is 29.3. The summed E-state index contributed by atoms with van der Waals surface area (Å²) in [5.41, 5.74) is 0. The number of carboxylic acid groups (broad SMARTS) is 2. The summed E-state index contributed by atoms with van der Waals surface area (Å²) in [7, 11) is 0. The number of hydrogen-bond donors (Lipinski definition) is 9. The molecule has 9 N–H and O–H groups in total. The van der Waals surface area contributed by atoms with Crippen LogP contribution in [0.1, 0.15) is 179 Å². The van der Waals surface area contributed by atoms with Crippen LogP contribution in [0.4, 0.5) is 0 Å². The van der Waals surface area contributed by atoms with Crippen molar-refractivity contribution in [2.24, 2.45) is 35.5 Å². The van der Waals surface area contributed by atoms with Crippen LogP contribution in [0.25, 0.3) is 0 Å². The maximum Gasteiger partial charge on any atom is 0.328 e. The second-order valence-electron chi connectivity index (χ2n) is 21.5. The number of hydrogen-bond acceptors (Lipinski definition) is 11. The molecule has 0 saturated carbocycles. The summed E-state index contributed by atoms with van der Waals surface area (Å²) in [6.45, 7) is 21.9. The van der Waals surface area contributed by atoms with Crippen molar-refractivity contribution in [3.05, 3.63) is 0 Å². The Morgan fingerprint density at radius 1 is 0.507 bits per heavy atom. The molecule has 0 aromatic carbocycles. The molecule has 1 aliphatic rings. The van der Waals surface area contributed by atoms with E-state index < -0.39 is 133 Å². The van der Waals surface area contributed by atoms with E-state index in [1.807, 2.05) is 13.8 Å². The highest BCUT2D eigenvalue weighted by atomic mass is 16.5. The van der Waals surface area contributed by atoms with E-state index in [2.05, 4.69) is 51.1 Å². The van der Waals surface area contributed by atoms with Crippen molar-refractivity contribution in [2.75, 3.05) is 0 Å². The number of esters is 1. The SMILES string of the molecule is CCC(C)CCCCCCC1CC(=O)NC(CCC(=O)O)C(=O)NC(CC(C)C)C(=O)NC(CC(C)C)C(=O)NC(C(C)C)C(=O)NC(CC(=O)O)C(=O)NC(CC(C)C)C(=O)NC(CC(C)C)C(=O)O1. The van der Waals surface area contributed by atoms with Crippen LogP contribution in [-0.2, 0) is 52.7 Å². The van der Waals surface area contributed by atoms with Crippen molar-refractivity contribution in [3.8, 4) is 0 Å². The summed E-state index contributed by atoms with van der Waals surface area (Å²) in [5.74, 6) is -10.2. The molecule has 0 aliphatic carbocycles. The first-order valence-electron chi connectivity index (χ1n) is 25.9. The molecule has 20 nitrogen and oxygen atoms in total. The van der Waals surface area contributed by atoms with Crippen LogP contribution in [-0.4, -0.2) is 118 Å². The van der Waals surface area contributed by atoms with Crippen molar-refractivity contribution < 1.29 is 62.9 Å². The van der Waals surface area contributed by atoms with Gasteiger partial charge in [-0.25, -0.2) is 4.79 Å². The molecule has 9 unspecified atom stereocenters. The largest absolute Gasteiger partial charge is 0.481 e. The van der Waals surface area contributed by atoms with Crippen molar-refractivity contribution in [2.45, 2.75) is 228 Å². The highest BCUT2D eigenvalue weighted by Crippen LogP contribution is 2.19. The van der Waals surface area contributed by atoms with E-state index in [4.69, 9.17) is 4.74 Å². The normalized spacial score (nSPS) is 24.7. The molecule has 406 valence electrons. The number of carbonyl (C=O) groups excluding carboxylic acids is 8. The van der Waals surface area contributed by atoms with Crippen LogP contribution >= 0.6 is 0 Å². The molecule has 1 fully saturated rings. The lowest BCUT2D eigenvalue weighted by Crippen LogP contribution is -2.61. The summed E-state index contributed by atoms with van der Waals surface area (Å²) < 4.78 is 6.02. The number of aliphatic carboxylic acids is 2. The molecular formula is C51H89N7O13. The third-order valence-corrected chi connectivity index (χ3v) is 12.3. The predicted octanol–water partition coefficient (Wildman–Crippen LogP) is 4.26. The molecule has 20 heteroatoms. The van der Waals surface area contributed by atoms with Gasteiger partial charge >= 0.3 is 17.9 Å². The Labute approximate surface area is 421 Å². The van der Waals surface area contributed by atoms with Crippen LogP contribution < -0.4 is 37.2 Å². The lowest BCUT2D eigenvalue weighted by atomic mass is 9.98. The van der Waals surface area contributed by atoms with E-state index in [0.717, 1.165) is 32.1 Å². The van der Waals surface area contributed by atoms with Crippen molar-refractivity contribution >= 4 is 59.3 Å². The highest BCUT2D eigenvalue weighted by Gasteiger charge is 2.37. The number of unbranched alkanes of at least 4 members (excludes halogenated alkanes) is 3. The Balaban J connectivity index is 4.01. The fourth-order valence-electron chi connectivity index (χ4n) is 8.19. The smallest absolute Gasteiger partial charge is 0.328 e. The van der Waals surface area contributed by atoms with Crippen LogP contribution in [0.2, 0.25) is 0 Å². The Bertz CT molecular complexity index is 1770. The number of nitrogens with one attached hydrogen (secondary N) is 7. The first-order chi connectivity index (χ1) is 33.1. The van der Waals surface area contributed by atoms with Crippen molar-refractivity contribution in [1.29, 1.82) is 0 Å². The fraction of sp³-hybridized carbons (Fsp3) is 0.804. The molecule has 1 rings (SSSR count). The molecule has 1 heterocycles. The minimum absolute atomic E-state index is 0.0386. The zero-order chi connectivity index (χ0) is 54.1. The van der Waals surface area contributed by atoms with E-state index in [9.17, 15) is 58.2 Å². The quantitative estimate of drug-likeness (QED) is 0.0542. The Morgan fingerprint density at radius 2 is 0.930 bits per heavy atom. The van der Waals surface area contributed by atoms with Crippen molar-refractivity contribution in [3.63, 3.8) is 0 Å². The Hall–Kier alpha value is -5.30. The zero-order valence-electron chi connectivity index (χ0n) is 44.6. The number of carboxylic acids is 2. The van der Waals surface area contributed by atoms with Gasteiger partial charge in [0.15, 0.2) is 0 Å². The molecule has 0 radical (unpaired) electrons. The summed E-state index contributed by atoms with van der Waals surface area (Å²) in [6.07, 6.45) is 2.56. The maximum absolute atomic E-state index is 14.2. The molecule has 0 aromatic heterocycles. The predicted molar refractivity (Wildman–Crippen MR) is 267 cm³/mol. The third-order valence-electron chi connectivity index (χ3n) is 12.3. The topological polar surface area (TPSA) is 305 Å². The average Bonchev–Trinajstić information content (AvgIpc) is 3.25. The van der Waals surface area contributed by atoms with E-state index in [-0.39, 0.29) is 62.2 Å². The van der Waals surface area contributed by atoms with Gasteiger partial charge in [-0.1, -0.05) is 115 Å². The van der Waals surface area contributed by atoms with Gasteiger partial charge in [-0.05, 0) is 80.5 Å². The first-order valence-corrected chi connectivity index (χ1v) is 25.9.